The molecule has 1 atom stereocenters. The highest BCUT2D eigenvalue weighted by Gasteiger charge is 2.34. The SMILES string of the molecule is COc1ccc(S(=O)(=O)N(CC(=O)N(Cc2cccc(Cl)c2)[C@@H](C)C(=O)NC2CCCC2)c2ccc(F)cc2)cc1OC. The second-order valence-electron chi connectivity index (χ2n) is 10.3. The molecule has 3 aromatic rings. The van der Waals surface area contributed by atoms with Crippen LogP contribution in [0.4, 0.5) is 10.1 Å². The maximum atomic E-state index is 14.1. The first-order valence-corrected chi connectivity index (χ1v) is 15.7. The van der Waals surface area contributed by atoms with Crippen molar-refractivity contribution in [2.75, 3.05) is 25.1 Å². The van der Waals surface area contributed by atoms with Crippen molar-refractivity contribution >= 4 is 39.1 Å². The predicted octanol–water partition coefficient (Wildman–Crippen LogP) is 5.17. The summed E-state index contributed by atoms with van der Waals surface area (Å²) < 4.78 is 53.4. The molecule has 0 heterocycles. The number of hydrogen-bond acceptors (Lipinski definition) is 6. The third-order valence-corrected chi connectivity index (χ3v) is 9.45. The predicted molar refractivity (Wildman–Crippen MR) is 162 cm³/mol. The molecule has 230 valence electrons. The summed E-state index contributed by atoms with van der Waals surface area (Å²) in [6.45, 7) is 0.952. The zero-order valence-corrected chi connectivity index (χ0v) is 25.8. The number of hydrogen-bond donors (Lipinski definition) is 1. The molecule has 0 bridgehead atoms. The Bertz CT molecular complexity index is 1550. The second kappa shape index (κ2) is 14.1. The fraction of sp³-hybridized carbons (Fsp3) is 0.355. The van der Waals surface area contributed by atoms with Crippen molar-refractivity contribution in [3.05, 3.63) is 83.1 Å². The van der Waals surface area contributed by atoms with E-state index in [0.29, 0.717) is 16.3 Å². The largest absolute Gasteiger partial charge is 0.493 e. The Hall–Kier alpha value is -3.83. The molecule has 0 saturated heterocycles. The first kappa shape index (κ1) is 32.1. The summed E-state index contributed by atoms with van der Waals surface area (Å²) in [5, 5.41) is 3.48. The third kappa shape index (κ3) is 7.77. The first-order chi connectivity index (χ1) is 20.5. The molecule has 1 N–H and O–H groups in total. The molecule has 9 nitrogen and oxygen atoms in total. The summed E-state index contributed by atoms with van der Waals surface area (Å²) in [5.41, 5.74) is 0.729. The van der Waals surface area contributed by atoms with Crippen LogP contribution in [0.5, 0.6) is 11.5 Å². The molecule has 1 aliphatic carbocycles. The molecular formula is C31H35ClFN3O6S. The topological polar surface area (TPSA) is 105 Å². The van der Waals surface area contributed by atoms with Gasteiger partial charge in [0.05, 0.1) is 24.8 Å². The van der Waals surface area contributed by atoms with Crippen LogP contribution in [0.15, 0.2) is 71.6 Å². The summed E-state index contributed by atoms with van der Waals surface area (Å²) in [6, 6.07) is 14.8. The Morgan fingerprint density at radius 2 is 1.67 bits per heavy atom. The van der Waals surface area contributed by atoms with E-state index in [-0.39, 0.29) is 34.8 Å². The molecule has 1 fully saturated rings. The minimum absolute atomic E-state index is 0.00626. The van der Waals surface area contributed by atoms with E-state index in [1.54, 1.807) is 31.2 Å². The van der Waals surface area contributed by atoms with Gasteiger partial charge in [0.2, 0.25) is 11.8 Å². The third-order valence-electron chi connectivity index (χ3n) is 7.45. The lowest BCUT2D eigenvalue weighted by Gasteiger charge is -2.32. The molecule has 0 aromatic heterocycles. The van der Waals surface area contributed by atoms with Crippen LogP contribution in [0.25, 0.3) is 0 Å². The number of nitrogens with one attached hydrogen (secondary N) is 1. The average molecular weight is 632 g/mol. The highest BCUT2D eigenvalue weighted by atomic mass is 35.5. The zero-order valence-electron chi connectivity index (χ0n) is 24.3. The Kier molecular flexibility index (Phi) is 10.5. The summed E-state index contributed by atoms with van der Waals surface area (Å²) in [5.74, 6) is -1.05. The van der Waals surface area contributed by atoms with Gasteiger partial charge in [-0.3, -0.25) is 13.9 Å². The normalized spacial score (nSPS) is 14.2. The number of halogens is 2. The molecule has 0 radical (unpaired) electrons. The number of rotatable bonds is 12. The van der Waals surface area contributed by atoms with Gasteiger partial charge in [-0.15, -0.1) is 0 Å². The van der Waals surface area contributed by atoms with Crippen LogP contribution in [0.1, 0.15) is 38.2 Å². The fourth-order valence-electron chi connectivity index (χ4n) is 5.05. The number of sulfonamides is 1. The van der Waals surface area contributed by atoms with Crippen molar-refractivity contribution in [1.82, 2.24) is 10.2 Å². The lowest BCUT2D eigenvalue weighted by Crippen LogP contribution is -2.52. The maximum absolute atomic E-state index is 14.1. The summed E-state index contributed by atoms with van der Waals surface area (Å²) in [4.78, 5) is 28.5. The smallest absolute Gasteiger partial charge is 0.264 e. The van der Waals surface area contributed by atoms with E-state index in [9.17, 15) is 22.4 Å². The highest BCUT2D eigenvalue weighted by Crippen LogP contribution is 2.32. The van der Waals surface area contributed by atoms with Crippen LogP contribution >= 0.6 is 11.6 Å². The van der Waals surface area contributed by atoms with Gasteiger partial charge >= 0.3 is 0 Å². The number of carbonyl (C=O) groups excluding carboxylic acids is 2. The van der Waals surface area contributed by atoms with Crippen molar-refractivity contribution in [3.8, 4) is 11.5 Å². The van der Waals surface area contributed by atoms with Crippen LogP contribution in [-0.2, 0) is 26.2 Å². The Labute approximate surface area is 256 Å². The van der Waals surface area contributed by atoms with Crippen LogP contribution in [0.3, 0.4) is 0 Å². The van der Waals surface area contributed by atoms with Gasteiger partial charge in [-0.1, -0.05) is 36.6 Å². The summed E-state index contributed by atoms with van der Waals surface area (Å²) in [7, 11) is -1.59. The van der Waals surface area contributed by atoms with Crippen molar-refractivity contribution in [3.63, 3.8) is 0 Å². The molecule has 43 heavy (non-hydrogen) atoms. The first-order valence-electron chi connectivity index (χ1n) is 13.9. The van der Waals surface area contributed by atoms with Gasteiger partial charge in [0.15, 0.2) is 11.5 Å². The number of carbonyl (C=O) groups is 2. The second-order valence-corrected chi connectivity index (χ2v) is 12.6. The average Bonchev–Trinajstić information content (AvgIpc) is 3.51. The standard InChI is InChI=1S/C31H35ClFN3O6S/c1-21(31(38)34-25-9-4-5-10-25)35(19-22-7-6-8-23(32)17-22)30(37)20-36(26-13-11-24(33)12-14-26)43(39,40)27-15-16-28(41-2)29(18-27)42-3/h6-8,11-18,21,25H,4-5,9-10,19-20H2,1-3H3,(H,34,38)/t21-/m0/s1. The number of benzene rings is 3. The number of methoxy groups -OCH3 is 2. The van der Waals surface area contributed by atoms with Gasteiger partial charge in [0, 0.05) is 23.7 Å². The fourth-order valence-corrected chi connectivity index (χ4v) is 6.69. The van der Waals surface area contributed by atoms with Crippen molar-refractivity contribution in [2.45, 2.75) is 56.1 Å². The number of amides is 2. The van der Waals surface area contributed by atoms with E-state index >= 15 is 0 Å². The van der Waals surface area contributed by atoms with Gasteiger partial charge in [-0.2, -0.15) is 0 Å². The van der Waals surface area contributed by atoms with Gasteiger partial charge in [0.1, 0.15) is 18.4 Å². The lowest BCUT2D eigenvalue weighted by atomic mass is 10.1. The molecule has 4 rings (SSSR count). The quantitative estimate of drug-likeness (QED) is 0.296. The van der Waals surface area contributed by atoms with Crippen LogP contribution in [0, 0.1) is 5.82 Å². The lowest BCUT2D eigenvalue weighted by molar-refractivity contribution is -0.139. The van der Waals surface area contributed by atoms with Crippen molar-refractivity contribution in [1.29, 1.82) is 0 Å². The minimum atomic E-state index is -4.39. The molecule has 1 aliphatic rings. The molecule has 3 aromatic carbocycles. The Morgan fingerprint density at radius 3 is 2.30 bits per heavy atom. The van der Waals surface area contributed by atoms with E-state index in [1.807, 2.05) is 0 Å². The van der Waals surface area contributed by atoms with Crippen molar-refractivity contribution < 1.29 is 31.9 Å². The Morgan fingerprint density at radius 1 is 1.00 bits per heavy atom. The summed E-state index contributed by atoms with van der Waals surface area (Å²) >= 11 is 6.19. The van der Waals surface area contributed by atoms with E-state index < -0.39 is 34.3 Å². The Balaban J connectivity index is 1.71. The van der Waals surface area contributed by atoms with Crippen LogP contribution < -0.4 is 19.1 Å². The molecular weight excluding hydrogens is 597 g/mol. The number of anilines is 1. The zero-order chi connectivity index (χ0) is 31.1. The minimum Gasteiger partial charge on any atom is -0.493 e. The van der Waals surface area contributed by atoms with E-state index in [1.165, 1.54) is 49.5 Å². The maximum Gasteiger partial charge on any atom is 0.264 e. The molecule has 2 amide bonds. The highest BCUT2D eigenvalue weighted by molar-refractivity contribution is 7.92. The van der Waals surface area contributed by atoms with Gasteiger partial charge < -0.3 is 19.7 Å². The number of nitrogens with zero attached hydrogens (tertiary/aromatic N) is 2. The van der Waals surface area contributed by atoms with E-state index in [4.69, 9.17) is 21.1 Å². The van der Waals surface area contributed by atoms with Crippen molar-refractivity contribution in [2.24, 2.45) is 0 Å². The molecule has 1 saturated carbocycles. The molecule has 12 heteroatoms. The van der Waals surface area contributed by atoms with E-state index in [0.717, 1.165) is 42.1 Å². The van der Waals surface area contributed by atoms with Crippen LogP contribution in [0.2, 0.25) is 5.02 Å². The molecule has 0 spiro atoms. The van der Waals surface area contributed by atoms with Gasteiger partial charge in [-0.05, 0) is 73.9 Å². The summed E-state index contributed by atoms with van der Waals surface area (Å²) in [6.07, 6.45) is 3.77. The molecule has 0 unspecified atom stereocenters. The monoisotopic (exact) mass is 631 g/mol. The van der Waals surface area contributed by atoms with Crippen LogP contribution in [-0.4, -0.2) is 58.0 Å². The van der Waals surface area contributed by atoms with Gasteiger partial charge in [0.25, 0.3) is 10.0 Å². The van der Waals surface area contributed by atoms with E-state index in [2.05, 4.69) is 5.32 Å². The molecule has 0 aliphatic heterocycles. The number of ether oxygens (including phenoxy) is 2. The van der Waals surface area contributed by atoms with Gasteiger partial charge in [-0.25, -0.2) is 12.8 Å².